The van der Waals surface area contributed by atoms with Gasteiger partial charge in [0.25, 0.3) is 0 Å². The fourth-order valence-corrected chi connectivity index (χ4v) is 1.27. The highest BCUT2D eigenvalue weighted by molar-refractivity contribution is 5.77. The molecule has 0 aliphatic heterocycles. The summed E-state index contributed by atoms with van der Waals surface area (Å²) in [6.45, 7) is 7.43. The third-order valence-electron chi connectivity index (χ3n) is 1.97. The molecule has 2 N–H and O–H groups in total. The van der Waals surface area contributed by atoms with E-state index < -0.39 is 17.8 Å². The first-order valence-electron chi connectivity index (χ1n) is 6.00. The Morgan fingerprint density at radius 3 is 2.39 bits per heavy atom. The van der Waals surface area contributed by atoms with E-state index in [1.165, 1.54) is 4.90 Å². The minimum Gasteiger partial charge on any atom is -0.444 e. The molecular weight excluding hydrogens is 236 g/mol. The van der Waals surface area contributed by atoms with Gasteiger partial charge < -0.3 is 20.1 Å². The van der Waals surface area contributed by atoms with Crippen LogP contribution in [0.2, 0.25) is 0 Å². The minimum absolute atomic E-state index is 0.132. The molecular formula is C12H24N2O4. The van der Waals surface area contributed by atoms with Crippen LogP contribution in [0, 0.1) is 0 Å². The van der Waals surface area contributed by atoms with Crippen molar-refractivity contribution in [2.75, 3.05) is 20.1 Å². The summed E-state index contributed by atoms with van der Waals surface area (Å²) in [5.41, 5.74) is -0.544. The van der Waals surface area contributed by atoms with Gasteiger partial charge in [-0.2, -0.15) is 0 Å². The summed E-state index contributed by atoms with van der Waals surface area (Å²) in [7, 11) is 1.61. The topological polar surface area (TPSA) is 78.9 Å². The fraction of sp³-hybridized carbons (Fsp3) is 0.833. The Balaban J connectivity index is 3.84. The number of aliphatic hydroxyl groups excluding tert-OH is 1. The van der Waals surface area contributed by atoms with Gasteiger partial charge in [0, 0.05) is 26.6 Å². The Kier molecular flexibility index (Phi) is 6.68. The van der Waals surface area contributed by atoms with Crippen molar-refractivity contribution < 1.29 is 19.4 Å². The number of rotatable bonds is 5. The van der Waals surface area contributed by atoms with Crippen molar-refractivity contribution >= 4 is 12.0 Å². The number of nitrogens with zero attached hydrogens (tertiary/aromatic N) is 1. The van der Waals surface area contributed by atoms with Gasteiger partial charge in [0.05, 0.1) is 6.10 Å². The van der Waals surface area contributed by atoms with Crippen molar-refractivity contribution in [1.82, 2.24) is 10.2 Å². The van der Waals surface area contributed by atoms with Gasteiger partial charge in [0.1, 0.15) is 5.60 Å². The van der Waals surface area contributed by atoms with Crippen molar-refractivity contribution in [3.63, 3.8) is 0 Å². The van der Waals surface area contributed by atoms with Crippen LogP contribution in [-0.2, 0) is 9.53 Å². The Hall–Kier alpha value is -1.30. The minimum atomic E-state index is -0.558. The number of aliphatic hydroxyl groups is 1. The van der Waals surface area contributed by atoms with Crippen LogP contribution in [0.25, 0.3) is 0 Å². The van der Waals surface area contributed by atoms with E-state index in [1.807, 2.05) is 0 Å². The zero-order chi connectivity index (χ0) is 14.3. The average Bonchev–Trinajstić information content (AvgIpc) is 2.13. The van der Waals surface area contributed by atoms with E-state index in [9.17, 15) is 9.59 Å². The Morgan fingerprint density at radius 1 is 1.39 bits per heavy atom. The third kappa shape index (κ3) is 8.81. The van der Waals surface area contributed by atoms with Crippen LogP contribution in [0.15, 0.2) is 0 Å². The summed E-state index contributed by atoms with van der Waals surface area (Å²) >= 11 is 0. The SMILES string of the molecule is C[C@@H](O)CN(C)C(=O)CCNC(=O)OC(C)(C)C. The van der Waals surface area contributed by atoms with Gasteiger partial charge in [-0.25, -0.2) is 4.79 Å². The molecule has 0 bridgehead atoms. The standard InChI is InChI=1S/C12H24N2O4/c1-9(15)8-14(5)10(16)6-7-13-11(17)18-12(2,3)4/h9,15H,6-8H2,1-5H3,(H,13,17)/t9-/m1/s1. The number of ether oxygens (including phenoxy) is 1. The maximum absolute atomic E-state index is 11.6. The molecule has 0 radical (unpaired) electrons. The Morgan fingerprint density at radius 2 is 1.94 bits per heavy atom. The van der Waals surface area contributed by atoms with Crippen molar-refractivity contribution in [3.8, 4) is 0 Å². The number of carbonyl (C=O) groups is 2. The highest BCUT2D eigenvalue weighted by Crippen LogP contribution is 2.06. The molecule has 0 heterocycles. The summed E-state index contributed by atoms with van der Waals surface area (Å²) < 4.78 is 5.03. The van der Waals surface area contributed by atoms with Crippen LogP contribution in [-0.4, -0.2) is 53.8 Å². The van der Waals surface area contributed by atoms with E-state index in [2.05, 4.69) is 5.32 Å². The average molecular weight is 260 g/mol. The van der Waals surface area contributed by atoms with Gasteiger partial charge in [-0.1, -0.05) is 0 Å². The molecule has 0 fully saturated rings. The zero-order valence-corrected chi connectivity index (χ0v) is 11.8. The molecule has 0 aliphatic rings. The molecule has 0 saturated carbocycles. The van der Waals surface area contributed by atoms with Gasteiger partial charge in [0.2, 0.25) is 5.91 Å². The smallest absolute Gasteiger partial charge is 0.407 e. The largest absolute Gasteiger partial charge is 0.444 e. The van der Waals surface area contributed by atoms with Gasteiger partial charge in [-0.05, 0) is 27.7 Å². The second-order valence-electron chi connectivity index (χ2n) is 5.30. The molecule has 0 spiro atoms. The highest BCUT2D eigenvalue weighted by atomic mass is 16.6. The normalized spacial score (nSPS) is 12.8. The molecule has 6 nitrogen and oxygen atoms in total. The summed E-state index contributed by atoms with van der Waals surface area (Å²) in [4.78, 5) is 24.3. The van der Waals surface area contributed by atoms with Crippen LogP contribution in [0.4, 0.5) is 4.79 Å². The quantitative estimate of drug-likeness (QED) is 0.764. The number of alkyl carbamates (subject to hydrolysis) is 1. The molecule has 106 valence electrons. The molecule has 6 heteroatoms. The Labute approximate surface area is 108 Å². The summed E-state index contributed by atoms with van der Waals surface area (Å²) in [5, 5.41) is 11.6. The lowest BCUT2D eigenvalue weighted by molar-refractivity contribution is -0.130. The van der Waals surface area contributed by atoms with E-state index in [-0.39, 0.29) is 25.4 Å². The molecule has 0 aromatic rings. The van der Waals surface area contributed by atoms with E-state index >= 15 is 0 Å². The summed E-state index contributed by atoms with van der Waals surface area (Å²) in [5.74, 6) is -0.132. The van der Waals surface area contributed by atoms with Gasteiger partial charge in [-0.3, -0.25) is 4.79 Å². The van der Waals surface area contributed by atoms with Crippen molar-refractivity contribution in [1.29, 1.82) is 0 Å². The first-order chi connectivity index (χ1) is 8.11. The zero-order valence-electron chi connectivity index (χ0n) is 11.8. The summed E-state index contributed by atoms with van der Waals surface area (Å²) in [6.07, 6.45) is -0.908. The first kappa shape index (κ1) is 16.7. The van der Waals surface area contributed by atoms with Crippen LogP contribution < -0.4 is 5.32 Å². The maximum atomic E-state index is 11.6. The molecule has 18 heavy (non-hydrogen) atoms. The number of likely N-dealkylation sites (N-methyl/N-ethyl adjacent to an activating group) is 1. The van der Waals surface area contributed by atoms with E-state index in [0.29, 0.717) is 0 Å². The van der Waals surface area contributed by atoms with Crippen molar-refractivity contribution in [3.05, 3.63) is 0 Å². The predicted molar refractivity (Wildman–Crippen MR) is 68.2 cm³/mol. The monoisotopic (exact) mass is 260 g/mol. The molecule has 0 aromatic carbocycles. The number of hydrogen-bond donors (Lipinski definition) is 2. The molecule has 0 saturated heterocycles. The predicted octanol–water partition coefficient (Wildman–Crippen LogP) is 0.740. The van der Waals surface area contributed by atoms with Gasteiger partial charge in [-0.15, -0.1) is 0 Å². The molecule has 0 rings (SSSR count). The molecule has 0 aliphatic carbocycles. The van der Waals surface area contributed by atoms with Crippen LogP contribution >= 0.6 is 0 Å². The molecule has 0 unspecified atom stereocenters. The van der Waals surface area contributed by atoms with E-state index in [0.717, 1.165) is 0 Å². The van der Waals surface area contributed by atoms with E-state index in [1.54, 1.807) is 34.7 Å². The van der Waals surface area contributed by atoms with Crippen LogP contribution in [0.1, 0.15) is 34.1 Å². The van der Waals surface area contributed by atoms with Gasteiger partial charge >= 0.3 is 6.09 Å². The lowest BCUT2D eigenvalue weighted by atomic mass is 10.2. The first-order valence-corrected chi connectivity index (χ1v) is 6.00. The molecule has 1 atom stereocenters. The number of amides is 2. The lowest BCUT2D eigenvalue weighted by Gasteiger charge is -2.21. The van der Waals surface area contributed by atoms with Crippen molar-refractivity contribution in [2.24, 2.45) is 0 Å². The molecule has 0 aromatic heterocycles. The van der Waals surface area contributed by atoms with Crippen LogP contribution in [0.3, 0.4) is 0 Å². The number of nitrogens with one attached hydrogen (secondary N) is 1. The lowest BCUT2D eigenvalue weighted by Crippen LogP contribution is -2.37. The third-order valence-corrected chi connectivity index (χ3v) is 1.97. The van der Waals surface area contributed by atoms with Gasteiger partial charge in [0.15, 0.2) is 0 Å². The second-order valence-corrected chi connectivity index (χ2v) is 5.30. The maximum Gasteiger partial charge on any atom is 0.407 e. The number of hydrogen-bond acceptors (Lipinski definition) is 4. The highest BCUT2D eigenvalue weighted by Gasteiger charge is 2.16. The Bertz CT molecular complexity index is 284. The second kappa shape index (κ2) is 7.20. The van der Waals surface area contributed by atoms with E-state index in [4.69, 9.17) is 9.84 Å². The van der Waals surface area contributed by atoms with Crippen LogP contribution in [0.5, 0.6) is 0 Å². The number of carbonyl (C=O) groups excluding carboxylic acids is 2. The summed E-state index contributed by atoms with van der Waals surface area (Å²) in [6, 6.07) is 0. The van der Waals surface area contributed by atoms with Crippen molar-refractivity contribution in [2.45, 2.75) is 45.8 Å². The fourth-order valence-electron chi connectivity index (χ4n) is 1.27. The molecule has 2 amide bonds.